The normalized spacial score (nSPS) is 11.5. The molecule has 0 aliphatic carbocycles. The third kappa shape index (κ3) is 3.56. The van der Waals surface area contributed by atoms with Crippen molar-refractivity contribution in [1.29, 1.82) is 0 Å². The molecule has 0 spiro atoms. The first-order valence-electron chi connectivity index (χ1n) is 5.95. The lowest BCUT2D eigenvalue weighted by molar-refractivity contribution is -0.128. The van der Waals surface area contributed by atoms with Crippen molar-refractivity contribution in [2.75, 3.05) is 13.6 Å². The van der Waals surface area contributed by atoms with E-state index < -0.39 is 5.41 Å². The molecule has 5 heteroatoms. The molecule has 1 aromatic heterocycles. The number of carbonyl (C=O) groups is 1. The molecule has 0 saturated carbocycles. The Morgan fingerprint density at radius 3 is 2.82 bits per heavy atom. The van der Waals surface area contributed by atoms with E-state index in [0.717, 1.165) is 18.8 Å². The fraction of sp³-hybridized carbons (Fsp3) is 0.667. The molecule has 96 valence electrons. The molecule has 0 unspecified atom stereocenters. The molecule has 0 fully saturated rings. The van der Waals surface area contributed by atoms with Gasteiger partial charge in [0.1, 0.15) is 0 Å². The maximum absolute atomic E-state index is 11.6. The van der Waals surface area contributed by atoms with Gasteiger partial charge in [0, 0.05) is 32.9 Å². The Morgan fingerprint density at radius 2 is 2.24 bits per heavy atom. The van der Waals surface area contributed by atoms with Crippen LogP contribution in [0.25, 0.3) is 0 Å². The number of nitrogens with zero attached hydrogens (tertiary/aromatic N) is 2. The largest absolute Gasteiger partial charge is 0.359 e. The van der Waals surface area contributed by atoms with Gasteiger partial charge in [-0.25, -0.2) is 0 Å². The van der Waals surface area contributed by atoms with Crippen LogP contribution in [0.4, 0.5) is 0 Å². The average molecular weight is 238 g/mol. The number of rotatable bonds is 6. The molecule has 0 atom stereocenters. The number of hydrogen-bond donors (Lipinski definition) is 2. The van der Waals surface area contributed by atoms with E-state index >= 15 is 0 Å². The summed E-state index contributed by atoms with van der Waals surface area (Å²) in [7, 11) is 1.66. The van der Waals surface area contributed by atoms with E-state index in [-0.39, 0.29) is 5.91 Å². The molecule has 1 aromatic rings. The standard InChI is InChI=1S/C12H22N4O/c1-5-16-10(6-7-15-16)8-14-9-12(2,3)11(17)13-4/h6-7,14H,5,8-9H2,1-4H3,(H,13,17). The molecule has 0 radical (unpaired) electrons. The van der Waals surface area contributed by atoms with Crippen LogP contribution in [0.5, 0.6) is 0 Å². The highest BCUT2D eigenvalue weighted by Crippen LogP contribution is 2.13. The molecular formula is C12H22N4O. The molecule has 1 heterocycles. The summed E-state index contributed by atoms with van der Waals surface area (Å²) in [6.45, 7) is 8.15. The Balaban J connectivity index is 2.45. The number of nitrogens with one attached hydrogen (secondary N) is 2. The Morgan fingerprint density at radius 1 is 1.53 bits per heavy atom. The van der Waals surface area contributed by atoms with Crippen molar-refractivity contribution in [3.05, 3.63) is 18.0 Å². The van der Waals surface area contributed by atoms with Crippen molar-refractivity contribution < 1.29 is 4.79 Å². The minimum Gasteiger partial charge on any atom is -0.359 e. The zero-order valence-corrected chi connectivity index (χ0v) is 11.1. The Bertz CT molecular complexity index is 370. The van der Waals surface area contributed by atoms with Gasteiger partial charge in [-0.15, -0.1) is 0 Å². The molecule has 2 N–H and O–H groups in total. The van der Waals surface area contributed by atoms with E-state index in [9.17, 15) is 4.79 Å². The minimum absolute atomic E-state index is 0.0500. The smallest absolute Gasteiger partial charge is 0.226 e. The Hall–Kier alpha value is -1.36. The predicted octanol–water partition coefficient (Wildman–Crippen LogP) is 0.765. The summed E-state index contributed by atoms with van der Waals surface area (Å²) in [4.78, 5) is 11.6. The zero-order chi connectivity index (χ0) is 12.9. The average Bonchev–Trinajstić information content (AvgIpc) is 2.75. The highest BCUT2D eigenvalue weighted by molar-refractivity contribution is 5.81. The molecule has 1 amide bonds. The van der Waals surface area contributed by atoms with E-state index in [4.69, 9.17) is 0 Å². The van der Waals surface area contributed by atoms with Gasteiger partial charge in [-0.05, 0) is 26.8 Å². The molecule has 0 aromatic carbocycles. The predicted molar refractivity (Wildman–Crippen MR) is 67.5 cm³/mol. The first-order chi connectivity index (χ1) is 8.01. The van der Waals surface area contributed by atoms with Crippen molar-refractivity contribution in [3.63, 3.8) is 0 Å². The van der Waals surface area contributed by atoms with Crippen LogP contribution < -0.4 is 10.6 Å². The van der Waals surface area contributed by atoms with Crippen LogP contribution in [0.2, 0.25) is 0 Å². The van der Waals surface area contributed by atoms with Gasteiger partial charge in [0.15, 0.2) is 0 Å². The fourth-order valence-electron chi connectivity index (χ4n) is 1.72. The van der Waals surface area contributed by atoms with Gasteiger partial charge in [-0.2, -0.15) is 5.10 Å². The van der Waals surface area contributed by atoms with Crippen molar-refractivity contribution >= 4 is 5.91 Å². The quantitative estimate of drug-likeness (QED) is 0.769. The lowest BCUT2D eigenvalue weighted by Gasteiger charge is -2.22. The van der Waals surface area contributed by atoms with E-state index in [2.05, 4.69) is 22.7 Å². The van der Waals surface area contributed by atoms with Crippen LogP contribution >= 0.6 is 0 Å². The molecule has 0 saturated heterocycles. The van der Waals surface area contributed by atoms with Crippen molar-refractivity contribution in [3.8, 4) is 0 Å². The lowest BCUT2D eigenvalue weighted by Crippen LogP contribution is -2.42. The molecular weight excluding hydrogens is 216 g/mol. The summed E-state index contributed by atoms with van der Waals surface area (Å²) >= 11 is 0. The van der Waals surface area contributed by atoms with E-state index in [1.165, 1.54) is 0 Å². The third-order valence-corrected chi connectivity index (χ3v) is 2.82. The summed E-state index contributed by atoms with van der Waals surface area (Å²) < 4.78 is 1.94. The van der Waals surface area contributed by atoms with Gasteiger partial charge in [0.05, 0.1) is 11.1 Å². The summed E-state index contributed by atoms with van der Waals surface area (Å²) in [5.74, 6) is 0.0500. The molecule has 5 nitrogen and oxygen atoms in total. The van der Waals surface area contributed by atoms with Crippen molar-refractivity contribution in [2.24, 2.45) is 5.41 Å². The second-order valence-electron chi connectivity index (χ2n) is 4.70. The molecule has 1 rings (SSSR count). The van der Waals surface area contributed by atoms with Crippen LogP contribution in [-0.2, 0) is 17.9 Å². The van der Waals surface area contributed by atoms with Crippen molar-refractivity contribution in [2.45, 2.75) is 33.9 Å². The Kier molecular flexibility index (Phi) is 4.69. The second kappa shape index (κ2) is 5.82. The minimum atomic E-state index is -0.397. The highest BCUT2D eigenvalue weighted by Gasteiger charge is 2.25. The molecule has 17 heavy (non-hydrogen) atoms. The molecule has 0 aliphatic heterocycles. The van der Waals surface area contributed by atoms with Gasteiger partial charge in [-0.1, -0.05) is 0 Å². The topological polar surface area (TPSA) is 59.0 Å². The number of amides is 1. The van der Waals surface area contributed by atoms with Crippen molar-refractivity contribution in [1.82, 2.24) is 20.4 Å². The first-order valence-corrected chi connectivity index (χ1v) is 5.95. The second-order valence-corrected chi connectivity index (χ2v) is 4.70. The van der Waals surface area contributed by atoms with Gasteiger partial charge < -0.3 is 10.6 Å². The van der Waals surface area contributed by atoms with Crippen LogP contribution in [0.1, 0.15) is 26.5 Å². The number of hydrogen-bond acceptors (Lipinski definition) is 3. The van der Waals surface area contributed by atoms with Gasteiger partial charge in [0.25, 0.3) is 0 Å². The summed E-state index contributed by atoms with van der Waals surface area (Å²) in [6.07, 6.45) is 1.80. The van der Waals surface area contributed by atoms with Crippen LogP contribution in [-0.4, -0.2) is 29.3 Å². The molecule has 0 aliphatic rings. The number of aromatic nitrogens is 2. The number of aryl methyl sites for hydroxylation is 1. The third-order valence-electron chi connectivity index (χ3n) is 2.82. The summed E-state index contributed by atoms with van der Waals surface area (Å²) in [5, 5.41) is 10.2. The molecule has 0 bridgehead atoms. The maximum Gasteiger partial charge on any atom is 0.226 e. The maximum atomic E-state index is 11.6. The van der Waals surface area contributed by atoms with Gasteiger partial charge in [0.2, 0.25) is 5.91 Å². The van der Waals surface area contributed by atoms with E-state index in [1.54, 1.807) is 13.2 Å². The first kappa shape index (κ1) is 13.7. The highest BCUT2D eigenvalue weighted by atomic mass is 16.2. The van der Waals surface area contributed by atoms with E-state index in [1.807, 2.05) is 24.6 Å². The summed E-state index contributed by atoms with van der Waals surface area (Å²) in [6, 6.07) is 1.99. The van der Waals surface area contributed by atoms with Gasteiger partial charge in [-0.3, -0.25) is 9.48 Å². The fourth-order valence-corrected chi connectivity index (χ4v) is 1.72. The zero-order valence-electron chi connectivity index (χ0n) is 11.1. The Labute approximate surface area is 103 Å². The van der Waals surface area contributed by atoms with Gasteiger partial charge >= 0.3 is 0 Å². The van der Waals surface area contributed by atoms with Crippen LogP contribution in [0.15, 0.2) is 12.3 Å². The summed E-state index contributed by atoms with van der Waals surface area (Å²) in [5.41, 5.74) is 0.742. The SMILES string of the molecule is CCn1nccc1CNCC(C)(C)C(=O)NC. The lowest BCUT2D eigenvalue weighted by atomic mass is 9.92. The monoisotopic (exact) mass is 238 g/mol. The number of carbonyl (C=O) groups excluding carboxylic acids is 1. The van der Waals surface area contributed by atoms with Crippen LogP contribution in [0.3, 0.4) is 0 Å². The van der Waals surface area contributed by atoms with E-state index in [0.29, 0.717) is 6.54 Å². The van der Waals surface area contributed by atoms with Crippen LogP contribution in [0, 0.1) is 5.41 Å².